The van der Waals surface area contributed by atoms with E-state index in [1.54, 1.807) is 24.3 Å². The van der Waals surface area contributed by atoms with E-state index < -0.39 is 4.92 Å². The molecule has 2 aromatic carbocycles. The van der Waals surface area contributed by atoms with Gasteiger partial charge in [0.25, 0.3) is 0 Å². The summed E-state index contributed by atoms with van der Waals surface area (Å²) in [6, 6.07) is 9.35. The Morgan fingerprint density at radius 2 is 1.76 bits per heavy atom. The Morgan fingerprint density at radius 1 is 1.19 bits per heavy atom. The standard InChI is InChI=1S/C14H12Cl2N2O3/c1-8(17)9-2-4-10(5-3-9)21-14-7-12(16)11(15)6-13(14)18(19)20/h2-8H,17H2,1H3. The van der Waals surface area contributed by atoms with Crippen molar-refractivity contribution in [3.05, 3.63) is 62.1 Å². The lowest BCUT2D eigenvalue weighted by atomic mass is 10.1. The summed E-state index contributed by atoms with van der Waals surface area (Å²) in [6.45, 7) is 1.86. The molecule has 0 heterocycles. The molecule has 2 N–H and O–H groups in total. The maximum atomic E-state index is 11.0. The molecule has 1 unspecified atom stereocenters. The van der Waals surface area contributed by atoms with Crippen LogP contribution < -0.4 is 10.5 Å². The highest BCUT2D eigenvalue weighted by atomic mass is 35.5. The van der Waals surface area contributed by atoms with Gasteiger partial charge in [-0.15, -0.1) is 0 Å². The highest BCUT2D eigenvalue weighted by Gasteiger charge is 2.19. The molecule has 0 spiro atoms. The molecule has 0 fully saturated rings. The van der Waals surface area contributed by atoms with Gasteiger partial charge in [0.05, 0.1) is 15.0 Å². The van der Waals surface area contributed by atoms with E-state index in [2.05, 4.69) is 0 Å². The number of hydrogen-bond acceptors (Lipinski definition) is 4. The van der Waals surface area contributed by atoms with Crippen LogP contribution in [0.1, 0.15) is 18.5 Å². The highest BCUT2D eigenvalue weighted by Crippen LogP contribution is 2.38. The fourth-order valence-electron chi connectivity index (χ4n) is 1.71. The van der Waals surface area contributed by atoms with Gasteiger partial charge in [0.1, 0.15) is 5.75 Å². The summed E-state index contributed by atoms with van der Waals surface area (Å²) in [6.07, 6.45) is 0. The van der Waals surface area contributed by atoms with Crippen LogP contribution in [0.2, 0.25) is 10.0 Å². The summed E-state index contributed by atoms with van der Waals surface area (Å²) in [4.78, 5) is 10.5. The fourth-order valence-corrected chi connectivity index (χ4v) is 2.02. The number of nitro benzene ring substituents is 1. The van der Waals surface area contributed by atoms with Gasteiger partial charge in [-0.1, -0.05) is 35.3 Å². The summed E-state index contributed by atoms with van der Waals surface area (Å²) in [7, 11) is 0. The number of nitro groups is 1. The van der Waals surface area contributed by atoms with E-state index in [0.717, 1.165) is 11.6 Å². The number of nitrogens with two attached hydrogens (primary N) is 1. The van der Waals surface area contributed by atoms with Gasteiger partial charge in [-0.2, -0.15) is 0 Å². The van der Waals surface area contributed by atoms with Crippen LogP contribution in [0.15, 0.2) is 36.4 Å². The maximum Gasteiger partial charge on any atom is 0.313 e. The van der Waals surface area contributed by atoms with E-state index in [1.807, 2.05) is 6.92 Å². The number of halogens is 2. The van der Waals surface area contributed by atoms with Gasteiger partial charge < -0.3 is 10.5 Å². The van der Waals surface area contributed by atoms with Crippen molar-refractivity contribution in [1.82, 2.24) is 0 Å². The first-order valence-corrected chi connectivity index (χ1v) is 6.81. The van der Waals surface area contributed by atoms with Crippen molar-refractivity contribution in [2.45, 2.75) is 13.0 Å². The first-order chi connectivity index (χ1) is 9.88. The van der Waals surface area contributed by atoms with Crippen LogP contribution in [0.25, 0.3) is 0 Å². The zero-order valence-corrected chi connectivity index (χ0v) is 12.6. The van der Waals surface area contributed by atoms with E-state index in [9.17, 15) is 10.1 Å². The Labute approximate surface area is 131 Å². The van der Waals surface area contributed by atoms with Crippen LogP contribution >= 0.6 is 23.2 Å². The van der Waals surface area contributed by atoms with Gasteiger partial charge in [-0.05, 0) is 24.6 Å². The average Bonchev–Trinajstić information content (AvgIpc) is 2.43. The van der Waals surface area contributed by atoms with Gasteiger partial charge in [0, 0.05) is 18.2 Å². The van der Waals surface area contributed by atoms with Crippen LogP contribution in [0, 0.1) is 10.1 Å². The largest absolute Gasteiger partial charge is 0.450 e. The van der Waals surface area contributed by atoms with E-state index in [0.29, 0.717) is 5.75 Å². The molecule has 0 bridgehead atoms. The molecule has 5 nitrogen and oxygen atoms in total. The van der Waals surface area contributed by atoms with Crippen molar-refractivity contribution >= 4 is 28.9 Å². The molecule has 0 aliphatic carbocycles. The molecule has 7 heteroatoms. The zero-order valence-electron chi connectivity index (χ0n) is 11.0. The molecule has 0 aliphatic rings. The molecule has 0 aliphatic heterocycles. The van der Waals surface area contributed by atoms with Gasteiger partial charge in [0.2, 0.25) is 5.75 Å². The first-order valence-electron chi connectivity index (χ1n) is 6.05. The second-order valence-electron chi connectivity index (χ2n) is 4.45. The van der Waals surface area contributed by atoms with Gasteiger partial charge in [-0.3, -0.25) is 10.1 Å². The van der Waals surface area contributed by atoms with Crippen molar-refractivity contribution in [3.8, 4) is 11.5 Å². The average molecular weight is 327 g/mol. The van der Waals surface area contributed by atoms with Crippen LogP contribution in [0.5, 0.6) is 11.5 Å². The molecular weight excluding hydrogens is 315 g/mol. The van der Waals surface area contributed by atoms with E-state index in [-0.39, 0.29) is 27.5 Å². The third-order valence-electron chi connectivity index (χ3n) is 2.83. The Balaban J connectivity index is 2.34. The summed E-state index contributed by atoms with van der Waals surface area (Å²) >= 11 is 11.7. The van der Waals surface area contributed by atoms with Crippen LogP contribution in [0.4, 0.5) is 5.69 Å². The molecular formula is C14H12Cl2N2O3. The predicted molar refractivity (Wildman–Crippen MR) is 82.2 cm³/mol. The molecule has 0 aromatic heterocycles. The Bertz CT molecular complexity index is 673. The van der Waals surface area contributed by atoms with Crippen molar-refractivity contribution < 1.29 is 9.66 Å². The Kier molecular flexibility index (Phi) is 4.67. The molecule has 110 valence electrons. The summed E-state index contributed by atoms with van der Waals surface area (Å²) in [5.74, 6) is 0.476. The minimum atomic E-state index is -0.576. The lowest BCUT2D eigenvalue weighted by Crippen LogP contribution is -2.04. The predicted octanol–water partition coefficient (Wildman–Crippen LogP) is 4.71. The highest BCUT2D eigenvalue weighted by molar-refractivity contribution is 6.42. The number of ether oxygens (including phenoxy) is 1. The van der Waals surface area contributed by atoms with Crippen LogP contribution in [0.3, 0.4) is 0 Å². The second kappa shape index (κ2) is 6.30. The third-order valence-corrected chi connectivity index (χ3v) is 3.55. The maximum absolute atomic E-state index is 11.0. The lowest BCUT2D eigenvalue weighted by Gasteiger charge is -2.09. The smallest absolute Gasteiger partial charge is 0.313 e. The number of hydrogen-bond donors (Lipinski definition) is 1. The van der Waals surface area contributed by atoms with E-state index in [4.69, 9.17) is 33.7 Å². The minimum absolute atomic E-state index is 0.0305. The number of nitrogens with zero attached hydrogens (tertiary/aromatic N) is 1. The Hall–Kier alpha value is -1.82. The van der Waals surface area contributed by atoms with Crippen molar-refractivity contribution in [2.24, 2.45) is 5.73 Å². The molecule has 21 heavy (non-hydrogen) atoms. The summed E-state index contributed by atoms with van der Waals surface area (Å²) in [5.41, 5.74) is 6.44. The number of rotatable bonds is 4. The van der Waals surface area contributed by atoms with Crippen molar-refractivity contribution in [2.75, 3.05) is 0 Å². The Morgan fingerprint density at radius 3 is 2.29 bits per heavy atom. The van der Waals surface area contributed by atoms with Crippen molar-refractivity contribution in [3.63, 3.8) is 0 Å². The quantitative estimate of drug-likeness (QED) is 0.651. The van der Waals surface area contributed by atoms with Crippen LogP contribution in [-0.2, 0) is 0 Å². The topological polar surface area (TPSA) is 78.4 Å². The molecule has 2 aromatic rings. The third kappa shape index (κ3) is 3.64. The van der Waals surface area contributed by atoms with Gasteiger partial charge in [0.15, 0.2) is 0 Å². The lowest BCUT2D eigenvalue weighted by molar-refractivity contribution is -0.385. The molecule has 0 amide bonds. The van der Waals surface area contributed by atoms with E-state index >= 15 is 0 Å². The molecule has 0 saturated heterocycles. The van der Waals surface area contributed by atoms with E-state index in [1.165, 1.54) is 6.07 Å². The van der Waals surface area contributed by atoms with Crippen LogP contribution in [-0.4, -0.2) is 4.92 Å². The summed E-state index contributed by atoms with van der Waals surface area (Å²) in [5, 5.41) is 11.3. The minimum Gasteiger partial charge on any atom is -0.450 e. The normalized spacial score (nSPS) is 12.0. The second-order valence-corrected chi connectivity index (χ2v) is 5.27. The SMILES string of the molecule is CC(N)c1ccc(Oc2cc(Cl)c(Cl)cc2[N+](=O)[O-])cc1. The zero-order chi connectivity index (χ0) is 15.6. The van der Waals surface area contributed by atoms with Gasteiger partial charge >= 0.3 is 5.69 Å². The molecule has 0 saturated carbocycles. The monoisotopic (exact) mass is 326 g/mol. The summed E-state index contributed by atoms with van der Waals surface area (Å²) < 4.78 is 5.52. The molecule has 2 rings (SSSR count). The fraction of sp³-hybridized carbons (Fsp3) is 0.143. The number of benzene rings is 2. The van der Waals surface area contributed by atoms with Crippen molar-refractivity contribution in [1.29, 1.82) is 0 Å². The van der Waals surface area contributed by atoms with Gasteiger partial charge in [-0.25, -0.2) is 0 Å². The molecule has 1 atom stereocenters. The molecule has 0 radical (unpaired) electrons. The first kappa shape index (κ1) is 15.6.